The zero-order valence-corrected chi connectivity index (χ0v) is 14.4. The van der Waals surface area contributed by atoms with Gasteiger partial charge in [0.15, 0.2) is 5.78 Å². The summed E-state index contributed by atoms with van der Waals surface area (Å²) in [4.78, 5) is 39.8. The molecule has 0 amide bonds. The number of carbonyl (C=O) groups is 2. The molecule has 8 nitrogen and oxygen atoms in total. The first-order chi connectivity index (χ1) is 12.3. The lowest BCUT2D eigenvalue weighted by atomic mass is 10.1. The van der Waals surface area contributed by atoms with Gasteiger partial charge in [0, 0.05) is 0 Å². The molecule has 0 unspecified atom stereocenters. The Hall–Kier alpha value is -3.42. The second-order valence-electron chi connectivity index (χ2n) is 5.28. The van der Waals surface area contributed by atoms with Crippen LogP contribution in [0.4, 0.5) is 5.69 Å². The quantitative estimate of drug-likeness (QED) is 0.477. The van der Waals surface area contributed by atoms with Gasteiger partial charge in [-0.1, -0.05) is 12.1 Å². The minimum Gasteiger partial charge on any atom is -0.506 e. The lowest BCUT2D eigenvalue weighted by Gasteiger charge is -2.09. The van der Waals surface area contributed by atoms with E-state index in [1.54, 1.807) is 19.1 Å². The van der Waals surface area contributed by atoms with Gasteiger partial charge in [0.05, 0.1) is 23.6 Å². The van der Waals surface area contributed by atoms with E-state index in [0.717, 1.165) is 6.92 Å². The van der Waals surface area contributed by atoms with Crippen LogP contribution in [0.1, 0.15) is 47.1 Å². The van der Waals surface area contributed by atoms with E-state index in [4.69, 9.17) is 4.74 Å². The summed E-state index contributed by atoms with van der Waals surface area (Å²) in [5.41, 5.74) is -1.60. The molecule has 1 heterocycles. The molecule has 1 aromatic heterocycles. The smallest absolute Gasteiger partial charge is 0.351 e. The van der Waals surface area contributed by atoms with E-state index >= 15 is 0 Å². The van der Waals surface area contributed by atoms with Gasteiger partial charge in [0.2, 0.25) is 0 Å². The number of Topliss-reactive ketones (excluding diaryl/α,β-unsaturated/α-hetero) is 1. The van der Waals surface area contributed by atoms with Crippen molar-refractivity contribution in [2.45, 2.75) is 20.8 Å². The number of para-hydroxylation sites is 1. The van der Waals surface area contributed by atoms with E-state index in [2.05, 4.69) is 9.41 Å². The second-order valence-corrected chi connectivity index (χ2v) is 5.28. The lowest BCUT2D eigenvalue weighted by Crippen LogP contribution is -2.15. The van der Waals surface area contributed by atoms with Gasteiger partial charge >= 0.3 is 11.6 Å². The number of ether oxygens (including phenoxy) is 1. The van der Waals surface area contributed by atoms with Gasteiger partial charge in [0.25, 0.3) is 5.95 Å². The highest BCUT2D eigenvalue weighted by molar-refractivity contribution is 6.08. The topological polar surface area (TPSA) is 126 Å². The molecule has 0 saturated carbocycles. The Balaban J connectivity index is 2.63. The molecule has 2 rings (SSSR count). The van der Waals surface area contributed by atoms with Gasteiger partial charge < -0.3 is 19.4 Å². The van der Waals surface area contributed by atoms with E-state index in [-0.39, 0.29) is 29.1 Å². The molecule has 0 spiro atoms. The Morgan fingerprint density at radius 2 is 1.81 bits per heavy atom. The maximum Gasteiger partial charge on any atom is 0.351 e. The molecule has 136 valence electrons. The van der Waals surface area contributed by atoms with E-state index in [9.17, 15) is 24.6 Å². The van der Waals surface area contributed by atoms with Crippen molar-refractivity contribution in [1.82, 2.24) is 0 Å². The Bertz CT molecular complexity index is 956. The fraction of sp³-hybridized carbons (Fsp3) is 0.222. The zero-order valence-electron chi connectivity index (χ0n) is 14.4. The molecule has 0 saturated heterocycles. The Morgan fingerprint density at radius 3 is 2.42 bits per heavy atom. The van der Waals surface area contributed by atoms with Gasteiger partial charge in [-0.2, -0.15) is 0 Å². The molecular weight excluding hydrogens is 342 g/mol. The van der Waals surface area contributed by atoms with Crippen LogP contribution in [-0.4, -0.2) is 34.3 Å². The van der Waals surface area contributed by atoms with Gasteiger partial charge in [0.1, 0.15) is 16.9 Å². The van der Waals surface area contributed by atoms with Crippen molar-refractivity contribution in [3.05, 3.63) is 51.4 Å². The number of carbonyl (C=O) groups excluding carboxylic acids is 2. The second kappa shape index (κ2) is 7.64. The van der Waals surface area contributed by atoms with Crippen LogP contribution in [0.3, 0.4) is 0 Å². The van der Waals surface area contributed by atoms with Gasteiger partial charge in [-0.25, -0.2) is 9.59 Å². The minimum atomic E-state index is -1.07. The Morgan fingerprint density at radius 1 is 1.15 bits per heavy atom. The number of esters is 1. The highest BCUT2D eigenvalue weighted by Crippen LogP contribution is 2.30. The summed E-state index contributed by atoms with van der Waals surface area (Å²) in [7, 11) is 0. The average Bonchev–Trinajstić information content (AvgIpc) is 2.54. The summed E-state index contributed by atoms with van der Waals surface area (Å²) in [6.45, 7) is 4.34. The van der Waals surface area contributed by atoms with Crippen molar-refractivity contribution in [1.29, 1.82) is 0 Å². The number of aliphatic imine (C=N–C) groups is 1. The molecule has 0 atom stereocenters. The lowest BCUT2D eigenvalue weighted by molar-refractivity contribution is 0.0527. The third-order valence-electron chi connectivity index (χ3n) is 3.48. The molecule has 2 N–H and O–H groups in total. The van der Waals surface area contributed by atoms with Crippen molar-refractivity contribution >= 4 is 23.2 Å². The molecule has 26 heavy (non-hydrogen) atoms. The summed E-state index contributed by atoms with van der Waals surface area (Å²) >= 11 is 0. The van der Waals surface area contributed by atoms with Gasteiger partial charge in [-0.15, -0.1) is 0 Å². The summed E-state index contributed by atoms with van der Waals surface area (Å²) in [5.74, 6) is -2.99. The summed E-state index contributed by atoms with van der Waals surface area (Å²) < 4.78 is 9.56. The van der Waals surface area contributed by atoms with Crippen LogP contribution < -0.4 is 5.63 Å². The van der Waals surface area contributed by atoms with Gasteiger partial charge in [-0.3, -0.25) is 9.79 Å². The normalized spacial score (nSPS) is 11.3. The molecule has 2 aromatic rings. The third kappa shape index (κ3) is 3.64. The number of aromatic hydroxyl groups is 2. The maximum absolute atomic E-state index is 12.0. The Labute approximate surface area is 148 Å². The summed E-state index contributed by atoms with van der Waals surface area (Å²) in [6.07, 6.45) is 0. The molecule has 0 aliphatic heterocycles. The van der Waals surface area contributed by atoms with Crippen molar-refractivity contribution in [3.63, 3.8) is 0 Å². The number of nitrogens with zero attached hydrogens (tertiary/aromatic N) is 1. The predicted octanol–water partition coefficient (Wildman–Crippen LogP) is 2.57. The van der Waals surface area contributed by atoms with Crippen molar-refractivity contribution in [3.8, 4) is 11.7 Å². The molecule has 0 radical (unpaired) electrons. The van der Waals surface area contributed by atoms with Crippen LogP contribution in [0.2, 0.25) is 0 Å². The van der Waals surface area contributed by atoms with Crippen LogP contribution in [0, 0.1) is 0 Å². The van der Waals surface area contributed by atoms with Crippen LogP contribution in [0.15, 0.2) is 38.5 Å². The Kier molecular flexibility index (Phi) is 5.56. The third-order valence-corrected chi connectivity index (χ3v) is 3.48. The first-order valence-corrected chi connectivity index (χ1v) is 7.69. The van der Waals surface area contributed by atoms with E-state index in [0.29, 0.717) is 0 Å². The number of hydrogen-bond acceptors (Lipinski definition) is 8. The monoisotopic (exact) mass is 359 g/mol. The minimum absolute atomic E-state index is 0.00417. The maximum atomic E-state index is 12.0. The van der Waals surface area contributed by atoms with Gasteiger partial charge in [-0.05, 0) is 32.9 Å². The summed E-state index contributed by atoms with van der Waals surface area (Å²) in [6, 6.07) is 6.29. The van der Waals surface area contributed by atoms with E-state index in [1.165, 1.54) is 19.1 Å². The highest BCUT2D eigenvalue weighted by atomic mass is 16.5. The van der Waals surface area contributed by atoms with Crippen LogP contribution in [0.5, 0.6) is 11.7 Å². The molecular formula is C18H17NO7. The van der Waals surface area contributed by atoms with Crippen molar-refractivity contribution < 1.29 is 29.0 Å². The average molecular weight is 359 g/mol. The van der Waals surface area contributed by atoms with Crippen LogP contribution in [-0.2, 0) is 4.74 Å². The molecule has 8 heteroatoms. The number of ketones is 1. The SMILES string of the molecule is CCOC(=O)c1ccccc1N=C(C)c1c(O)c(C(C)=O)c(O)oc1=O. The van der Waals surface area contributed by atoms with Crippen LogP contribution >= 0.6 is 0 Å². The number of rotatable bonds is 5. The highest BCUT2D eigenvalue weighted by Gasteiger charge is 2.24. The fourth-order valence-electron chi connectivity index (χ4n) is 2.34. The number of hydrogen-bond donors (Lipinski definition) is 2. The first kappa shape index (κ1) is 18.9. The standard InChI is InChI=1S/C18H17NO7/c1-4-25-16(22)11-7-5-6-8-12(11)19-9(2)13-15(21)14(10(3)20)18(24)26-17(13)23/h5-8,21,24H,4H2,1-3H3. The molecule has 1 aromatic carbocycles. The fourth-order valence-corrected chi connectivity index (χ4v) is 2.34. The molecule has 0 aliphatic rings. The largest absolute Gasteiger partial charge is 0.506 e. The first-order valence-electron chi connectivity index (χ1n) is 7.69. The van der Waals surface area contributed by atoms with Crippen molar-refractivity contribution in [2.75, 3.05) is 6.61 Å². The van der Waals surface area contributed by atoms with E-state index < -0.39 is 34.6 Å². The van der Waals surface area contributed by atoms with E-state index in [1.807, 2.05) is 0 Å². The molecule has 0 bridgehead atoms. The van der Waals surface area contributed by atoms with Crippen LogP contribution in [0.25, 0.3) is 0 Å². The molecule has 0 aliphatic carbocycles. The zero-order chi connectivity index (χ0) is 19.4. The predicted molar refractivity (Wildman–Crippen MR) is 92.6 cm³/mol. The van der Waals surface area contributed by atoms with Crippen molar-refractivity contribution in [2.24, 2.45) is 4.99 Å². The summed E-state index contributed by atoms with van der Waals surface area (Å²) in [5, 5.41) is 19.8. The molecule has 0 fully saturated rings. The number of benzene rings is 1.